The van der Waals surface area contributed by atoms with Crippen molar-refractivity contribution in [3.63, 3.8) is 0 Å². The molecule has 0 aromatic carbocycles. The molecule has 2 aliphatic rings. The van der Waals surface area contributed by atoms with Crippen LogP contribution in [0.2, 0.25) is 0 Å². The topological polar surface area (TPSA) is 75.9 Å². The van der Waals surface area contributed by atoms with E-state index in [-0.39, 0.29) is 5.92 Å². The van der Waals surface area contributed by atoms with Crippen LogP contribution < -0.4 is 5.73 Å². The van der Waals surface area contributed by atoms with E-state index in [1.807, 2.05) is 0 Å². The molecule has 2 rings (SSSR count). The second-order valence-electron chi connectivity index (χ2n) is 5.95. The predicted octanol–water partition coefficient (Wildman–Crippen LogP) is 0.260. The summed E-state index contributed by atoms with van der Waals surface area (Å²) in [5.74, 6) is 1.00. The standard InChI is InChI=1S/C13H27N3O3S/c1-15(7-8-19-11-12-4-5-12)20(17,18)16-6-2-3-13(9-14)10-16/h12-13H,2-11,14H2,1H3. The number of piperidine rings is 1. The average Bonchev–Trinajstić information content (AvgIpc) is 3.27. The molecule has 0 radical (unpaired) electrons. The van der Waals surface area contributed by atoms with Crippen molar-refractivity contribution in [2.75, 3.05) is 46.4 Å². The van der Waals surface area contributed by atoms with Crippen LogP contribution in [0.1, 0.15) is 25.7 Å². The van der Waals surface area contributed by atoms with Crippen LogP contribution in [0.15, 0.2) is 0 Å². The van der Waals surface area contributed by atoms with E-state index in [0.29, 0.717) is 38.7 Å². The van der Waals surface area contributed by atoms with Gasteiger partial charge in [0.25, 0.3) is 10.2 Å². The molecule has 2 fully saturated rings. The minimum absolute atomic E-state index is 0.290. The summed E-state index contributed by atoms with van der Waals surface area (Å²) in [5, 5.41) is 0. The molecule has 0 spiro atoms. The number of rotatable bonds is 8. The van der Waals surface area contributed by atoms with Gasteiger partial charge in [-0.1, -0.05) is 0 Å². The van der Waals surface area contributed by atoms with Crippen molar-refractivity contribution in [3.8, 4) is 0 Å². The summed E-state index contributed by atoms with van der Waals surface area (Å²) in [4.78, 5) is 0. The molecule has 0 aromatic rings. The van der Waals surface area contributed by atoms with E-state index in [1.54, 1.807) is 11.4 Å². The second-order valence-corrected chi connectivity index (χ2v) is 7.98. The Morgan fingerprint density at radius 1 is 1.30 bits per heavy atom. The molecule has 0 bridgehead atoms. The third-order valence-electron chi connectivity index (χ3n) is 4.14. The molecule has 1 saturated carbocycles. The lowest BCUT2D eigenvalue weighted by Gasteiger charge is -2.33. The van der Waals surface area contributed by atoms with Gasteiger partial charge in [-0.15, -0.1) is 0 Å². The van der Waals surface area contributed by atoms with E-state index in [2.05, 4.69) is 0 Å². The summed E-state index contributed by atoms with van der Waals surface area (Å²) in [6.07, 6.45) is 4.43. The van der Waals surface area contributed by atoms with Crippen LogP contribution in [-0.2, 0) is 14.9 Å². The van der Waals surface area contributed by atoms with Crippen molar-refractivity contribution < 1.29 is 13.2 Å². The van der Waals surface area contributed by atoms with Crippen molar-refractivity contribution in [3.05, 3.63) is 0 Å². The van der Waals surface area contributed by atoms with Gasteiger partial charge in [-0.3, -0.25) is 0 Å². The Kier molecular flexibility index (Phi) is 5.80. The highest BCUT2D eigenvalue weighted by atomic mass is 32.2. The average molecular weight is 305 g/mol. The molecule has 0 aromatic heterocycles. The zero-order valence-electron chi connectivity index (χ0n) is 12.3. The Labute approximate surface area is 122 Å². The van der Waals surface area contributed by atoms with Gasteiger partial charge in [0.05, 0.1) is 6.61 Å². The smallest absolute Gasteiger partial charge is 0.281 e. The van der Waals surface area contributed by atoms with Crippen LogP contribution >= 0.6 is 0 Å². The number of likely N-dealkylation sites (N-methyl/N-ethyl adjacent to an activating group) is 1. The van der Waals surface area contributed by atoms with Crippen molar-refractivity contribution in [1.29, 1.82) is 0 Å². The van der Waals surface area contributed by atoms with Crippen LogP contribution in [0, 0.1) is 11.8 Å². The van der Waals surface area contributed by atoms with Crippen LogP contribution in [0.4, 0.5) is 0 Å². The van der Waals surface area contributed by atoms with E-state index >= 15 is 0 Å². The molecular weight excluding hydrogens is 278 g/mol. The van der Waals surface area contributed by atoms with Crippen molar-refractivity contribution >= 4 is 10.2 Å². The molecule has 0 amide bonds. The number of hydrogen-bond acceptors (Lipinski definition) is 4. The van der Waals surface area contributed by atoms with Crippen LogP contribution in [0.5, 0.6) is 0 Å². The molecule has 2 N–H and O–H groups in total. The predicted molar refractivity (Wildman–Crippen MR) is 78.4 cm³/mol. The third kappa shape index (κ3) is 4.39. The van der Waals surface area contributed by atoms with Gasteiger partial charge < -0.3 is 10.5 Å². The fourth-order valence-electron chi connectivity index (χ4n) is 2.47. The number of nitrogens with two attached hydrogens (primary N) is 1. The van der Waals surface area contributed by atoms with Crippen LogP contribution in [-0.4, -0.2) is 63.5 Å². The second kappa shape index (κ2) is 7.17. The van der Waals surface area contributed by atoms with Crippen LogP contribution in [0.3, 0.4) is 0 Å². The van der Waals surface area contributed by atoms with Crippen molar-refractivity contribution in [2.45, 2.75) is 25.7 Å². The third-order valence-corrected chi connectivity index (χ3v) is 6.09. The molecule has 1 atom stereocenters. The van der Waals surface area contributed by atoms with Gasteiger partial charge in [0.2, 0.25) is 0 Å². The fourth-order valence-corrected chi connectivity index (χ4v) is 3.93. The first kappa shape index (κ1) is 16.2. The Hall–Kier alpha value is -0.210. The van der Waals surface area contributed by atoms with E-state index in [1.165, 1.54) is 17.1 Å². The molecule has 7 heteroatoms. The highest BCUT2D eigenvalue weighted by molar-refractivity contribution is 7.86. The summed E-state index contributed by atoms with van der Waals surface area (Å²) >= 11 is 0. The molecular formula is C13H27N3O3S. The van der Waals surface area contributed by atoms with Gasteiger partial charge >= 0.3 is 0 Å². The normalized spacial score (nSPS) is 25.2. The lowest BCUT2D eigenvalue weighted by Crippen LogP contribution is -2.48. The minimum atomic E-state index is -3.36. The molecule has 1 saturated heterocycles. The SMILES string of the molecule is CN(CCOCC1CC1)S(=O)(=O)N1CCCC(CN)C1. The van der Waals surface area contributed by atoms with Gasteiger partial charge in [-0.2, -0.15) is 17.0 Å². The number of hydrogen-bond donors (Lipinski definition) is 1. The zero-order chi connectivity index (χ0) is 14.6. The first-order valence-electron chi connectivity index (χ1n) is 7.53. The van der Waals surface area contributed by atoms with Gasteiger partial charge in [-0.05, 0) is 44.1 Å². The lowest BCUT2D eigenvalue weighted by atomic mass is 10.0. The quantitative estimate of drug-likeness (QED) is 0.653. The highest BCUT2D eigenvalue weighted by Crippen LogP contribution is 2.28. The monoisotopic (exact) mass is 305 g/mol. The van der Waals surface area contributed by atoms with E-state index in [0.717, 1.165) is 19.4 Å². The molecule has 1 heterocycles. The molecule has 118 valence electrons. The Bertz CT molecular complexity index is 398. The summed E-state index contributed by atoms with van der Waals surface area (Å²) in [6.45, 7) is 3.37. The minimum Gasteiger partial charge on any atom is -0.380 e. The largest absolute Gasteiger partial charge is 0.380 e. The van der Waals surface area contributed by atoms with E-state index in [4.69, 9.17) is 10.5 Å². The first-order chi connectivity index (χ1) is 9.54. The van der Waals surface area contributed by atoms with Gasteiger partial charge in [0, 0.05) is 33.3 Å². The fraction of sp³-hybridized carbons (Fsp3) is 1.00. The Morgan fingerprint density at radius 2 is 2.05 bits per heavy atom. The maximum Gasteiger partial charge on any atom is 0.281 e. The molecule has 1 unspecified atom stereocenters. The first-order valence-corrected chi connectivity index (χ1v) is 8.93. The highest BCUT2D eigenvalue weighted by Gasteiger charge is 2.31. The van der Waals surface area contributed by atoms with Crippen molar-refractivity contribution in [1.82, 2.24) is 8.61 Å². The van der Waals surface area contributed by atoms with Crippen LogP contribution in [0.25, 0.3) is 0 Å². The van der Waals surface area contributed by atoms with Crippen molar-refractivity contribution in [2.24, 2.45) is 17.6 Å². The molecule has 1 aliphatic heterocycles. The number of ether oxygens (including phenoxy) is 1. The summed E-state index contributed by atoms with van der Waals surface area (Å²) in [5.41, 5.74) is 5.66. The van der Waals surface area contributed by atoms with Gasteiger partial charge in [0.1, 0.15) is 0 Å². The summed E-state index contributed by atoms with van der Waals surface area (Å²) < 4.78 is 33.4. The maximum atomic E-state index is 12.4. The lowest BCUT2D eigenvalue weighted by molar-refractivity contribution is 0.115. The summed E-state index contributed by atoms with van der Waals surface area (Å²) in [7, 11) is -1.73. The maximum absolute atomic E-state index is 12.4. The van der Waals surface area contributed by atoms with E-state index < -0.39 is 10.2 Å². The molecule has 1 aliphatic carbocycles. The summed E-state index contributed by atoms with van der Waals surface area (Å²) in [6, 6.07) is 0. The Balaban J connectivity index is 1.77. The van der Waals surface area contributed by atoms with E-state index in [9.17, 15) is 8.42 Å². The molecule has 20 heavy (non-hydrogen) atoms. The molecule has 6 nitrogen and oxygen atoms in total. The zero-order valence-corrected chi connectivity index (χ0v) is 13.1. The number of nitrogens with zero attached hydrogens (tertiary/aromatic N) is 2. The van der Waals surface area contributed by atoms with Gasteiger partial charge in [0.15, 0.2) is 0 Å². The van der Waals surface area contributed by atoms with Gasteiger partial charge in [-0.25, -0.2) is 0 Å². The Morgan fingerprint density at radius 3 is 2.70 bits per heavy atom.